The molecular formula is C34H40N4O6. The number of ether oxygens (including phenoxy) is 1. The zero-order valence-corrected chi connectivity index (χ0v) is 25.3. The molecule has 3 amide bonds. The van der Waals surface area contributed by atoms with Crippen LogP contribution in [0, 0.1) is 16.7 Å². The molecule has 1 heterocycles. The summed E-state index contributed by atoms with van der Waals surface area (Å²) in [5.74, 6) is -1.81. The van der Waals surface area contributed by atoms with Gasteiger partial charge in [-0.25, -0.2) is 9.59 Å². The lowest BCUT2D eigenvalue weighted by Crippen LogP contribution is -2.51. The normalized spacial score (nSPS) is 23.2. The Balaban J connectivity index is 1.32. The SMILES string of the molecule is CC1(C)[C@H]2CC[C@]1(C)[C@H](OC(=O)N[C@H](Cc1c[nH]c3ccccc13)C(=O)NC[C@H](NC(=O)/C=C/C(=O)O)c1ccccc1)C2. The summed E-state index contributed by atoms with van der Waals surface area (Å²) < 4.78 is 6.01. The minimum absolute atomic E-state index is 0.00712. The van der Waals surface area contributed by atoms with Gasteiger partial charge in [0, 0.05) is 47.6 Å². The number of benzene rings is 2. The van der Waals surface area contributed by atoms with Gasteiger partial charge in [0.05, 0.1) is 6.04 Å². The van der Waals surface area contributed by atoms with E-state index in [2.05, 4.69) is 41.7 Å². The maximum atomic E-state index is 13.7. The van der Waals surface area contributed by atoms with Gasteiger partial charge in [-0.15, -0.1) is 0 Å². The number of carbonyl (C=O) groups excluding carboxylic acids is 3. The average Bonchev–Trinajstić information content (AvgIpc) is 3.57. The van der Waals surface area contributed by atoms with Crippen molar-refractivity contribution in [2.75, 3.05) is 6.54 Å². The summed E-state index contributed by atoms with van der Waals surface area (Å²) >= 11 is 0. The van der Waals surface area contributed by atoms with Crippen LogP contribution in [-0.4, -0.2) is 52.7 Å². The molecule has 5 rings (SSSR count). The third kappa shape index (κ3) is 6.34. The number of aromatic amines is 1. The summed E-state index contributed by atoms with van der Waals surface area (Å²) in [6, 6.07) is 15.2. The smallest absolute Gasteiger partial charge is 0.408 e. The van der Waals surface area contributed by atoms with E-state index in [1.54, 1.807) is 24.3 Å². The third-order valence-corrected chi connectivity index (χ3v) is 10.0. The average molecular weight is 601 g/mol. The molecule has 0 radical (unpaired) electrons. The number of alkyl carbamates (subject to hydrolysis) is 1. The lowest BCUT2D eigenvalue weighted by atomic mass is 9.70. The van der Waals surface area contributed by atoms with E-state index in [9.17, 15) is 19.2 Å². The highest BCUT2D eigenvalue weighted by atomic mass is 16.6. The summed E-state index contributed by atoms with van der Waals surface area (Å²) in [6.07, 6.45) is 5.79. The molecule has 232 valence electrons. The van der Waals surface area contributed by atoms with Crippen LogP contribution in [-0.2, 0) is 25.5 Å². The molecule has 0 spiro atoms. The second kappa shape index (κ2) is 12.6. The summed E-state index contributed by atoms with van der Waals surface area (Å²) in [6.45, 7) is 6.70. The number of carbonyl (C=O) groups is 4. The zero-order chi connectivity index (χ0) is 31.5. The van der Waals surface area contributed by atoms with Gasteiger partial charge in [-0.3, -0.25) is 9.59 Å². The van der Waals surface area contributed by atoms with E-state index in [0.29, 0.717) is 5.92 Å². The molecule has 2 aliphatic carbocycles. The molecule has 5 N–H and O–H groups in total. The van der Waals surface area contributed by atoms with Gasteiger partial charge >= 0.3 is 12.1 Å². The Hall–Kier alpha value is -4.60. The van der Waals surface area contributed by atoms with Crippen molar-refractivity contribution in [1.29, 1.82) is 0 Å². The fourth-order valence-electron chi connectivity index (χ4n) is 6.97. The van der Waals surface area contributed by atoms with Crippen molar-refractivity contribution in [2.45, 2.75) is 64.6 Å². The van der Waals surface area contributed by atoms with E-state index in [1.807, 2.05) is 36.5 Å². The quantitative estimate of drug-likeness (QED) is 0.203. The highest BCUT2D eigenvalue weighted by molar-refractivity contribution is 5.94. The van der Waals surface area contributed by atoms with Crippen LogP contribution in [0.25, 0.3) is 10.9 Å². The summed E-state index contributed by atoms with van der Waals surface area (Å²) in [7, 11) is 0. The number of nitrogens with one attached hydrogen (secondary N) is 4. The molecule has 1 aromatic heterocycles. The molecule has 44 heavy (non-hydrogen) atoms. The molecule has 2 aliphatic rings. The number of hydrogen-bond acceptors (Lipinski definition) is 5. The minimum atomic E-state index is -1.24. The Bertz CT molecular complexity index is 1560. The zero-order valence-electron chi connectivity index (χ0n) is 25.3. The van der Waals surface area contributed by atoms with Crippen molar-refractivity contribution in [1.82, 2.24) is 20.9 Å². The lowest BCUT2D eigenvalue weighted by Gasteiger charge is -2.38. The van der Waals surface area contributed by atoms with Gasteiger partial charge < -0.3 is 30.8 Å². The van der Waals surface area contributed by atoms with Crippen LogP contribution in [0.3, 0.4) is 0 Å². The molecule has 0 saturated heterocycles. The molecule has 3 aromatic rings. The van der Waals surface area contributed by atoms with Gasteiger partial charge in [0.2, 0.25) is 11.8 Å². The predicted octanol–water partition coefficient (Wildman–Crippen LogP) is 4.63. The molecule has 2 fully saturated rings. The van der Waals surface area contributed by atoms with Crippen LogP contribution >= 0.6 is 0 Å². The monoisotopic (exact) mass is 600 g/mol. The van der Waals surface area contributed by atoms with Gasteiger partial charge in [-0.2, -0.15) is 0 Å². The Morgan fingerprint density at radius 2 is 1.75 bits per heavy atom. The van der Waals surface area contributed by atoms with Crippen molar-refractivity contribution in [3.63, 3.8) is 0 Å². The van der Waals surface area contributed by atoms with E-state index in [4.69, 9.17) is 9.84 Å². The second-order valence-electron chi connectivity index (χ2n) is 12.7. The summed E-state index contributed by atoms with van der Waals surface area (Å²) in [5.41, 5.74) is 2.44. The van der Waals surface area contributed by atoms with Crippen molar-refractivity contribution in [2.24, 2.45) is 16.7 Å². The Labute approximate surface area is 256 Å². The number of para-hydroxylation sites is 1. The van der Waals surface area contributed by atoms with Crippen LogP contribution in [0.2, 0.25) is 0 Å². The number of H-pyrrole nitrogens is 1. The number of hydrogen-bond donors (Lipinski definition) is 5. The predicted molar refractivity (Wildman–Crippen MR) is 166 cm³/mol. The highest BCUT2D eigenvalue weighted by Gasteiger charge is 2.63. The summed E-state index contributed by atoms with van der Waals surface area (Å²) in [4.78, 5) is 53.6. The number of fused-ring (bicyclic) bond motifs is 3. The van der Waals surface area contributed by atoms with Crippen LogP contribution < -0.4 is 16.0 Å². The Kier molecular flexibility index (Phi) is 8.80. The van der Waals surface area contributed by atoms with Gasteiger partial charge in [-0.05, 0) is 47.8 Å². The van der Waals surface area contributed by atoms with Crippen molar-refractivity contribution in [3.8, 4) is 0 Å². The number of carboxylic acid groups (broad SMARTS) is 1. The van der Waals surface area contributed by atoms with Crippen LogP contribution in [0.4, 0.5) is 4.79 Å². The van der Waals surface area contributed by atoms with Crippen molar-refractivity contribution < 1.29 is 29.0 Å². The van der Waals surface area contributed by atoms with Crippen molar-refractivity contribution in [3.05, 3.63) is 84.1 Å². The molecule has 2 bridgehead atoms. The van der Waals surface area contributed by atoms with Gasteiger partial charge in [-0.1, -0.05) is 69.3 Å². The third-order valence-electron chi connectivity index (χ3n) is 10.0. The van der Waals surface area contributed by atoms with Gasteiger partial charge in [0.25, 0.3) is 0 Å². The van der Waals surface area contributed by atoms with Crippen LogP contribution in [0.15, 0.2) is 72.9 Å². The number of aliphatic carboxylic acids is 1. The Morgan fingerprint density at radius 1 is 1.02 bits per heavy atom. The first-order valence-corrected chi connectivity index (χ1v) is 15.0. The van der Waals surface area contributed by atoms with Crippen LogP contribution in [0.5, 0.6) is 0 Å². The molecule has 2 saturated carbocycles. The first-order chi connectivity index (χ1) is 21.0. The highest BCUT2D eigenvalue weighted by Crippen LogP contribution is 2.66. The minimum Gasteiger partial charge on any atom is -0.478 e. The molecule has 0 unspecified atom stereocenters. The molecule has 2 aromatic carbocycles. The number of aromatic nitrogens is 1. The fraction of sp³-hybridized carbons (Fsp3) is 0.412. The fourth-order valence-corrected chi connectivity index (χ4v) is 6.97. The number of carboxylic acids is 1. The van der Waals surface area contributed by atoms with E-state index in [-0.39, 0.29) is 29.9 Å². The van der Waals surface area contributed by atoms with Crippen LogP contribution in [0.1, 0.15) is 57.2 Å². The number of amides is 3. The van der Waals surface area contributed by atoms with Crippen molar-refractivity contribution >= 4 is 34.8 Å². The standard InChI is InChI=1S/C34H40N4O6/c1-33(2)23-15-16-34(33,3)28(18-23)44-32(43)38-26(17-22-19-35-25-12-8-7-11-24(22)25)31(42)36-20-27(21-9-5-4-6-10-21)37-29(39)13-14-30(40)41/h4-14,19,23,26-28,35H,15-18,20H2,1-3H3,(H,36,42)(H,37,39)(H,38,43)(H,40,41)/b14-13+/t23-,26+,27-,28+,34+/m0/s1. The molecule has 5 atom stereocenters. The maximum absolute atomic E-state index is 13.7. The topological polar surface area (TPSA) is 150 Å². The molecule has 10 nitrogen and oxygen atoms in total. The lowest BCUT2D eigenvalue weighted by molar-refractivity contribution is -0.131. The van der Waals surface area contributed by atoms with E-state index >= 15 is 0 Å². The first kappa shape index (κ1) is 30.8. The van der Waals surface area contributed by atoms with Gasteiger partial charge in [0.1, 0.15) is 12.1 Å². The maximum Gasteiger partial charge on any atom is 0.408 e. The number of rotatable bonds is 11. The largest absolute Gasteiger partial charge is 0.478 e. The molecule has 10 heteroatoms. The second-order valence-corrected chi connectivity index (χ2v) is 12.7. The molecular weight excluding hydrogens is 560 g/mol. The van der Waals surface area contributed by atoms with E-state index in [0.717, 1.165) is 53.4 Å². The van der Waals surface area contributed by atoms with E-state index in [1.165, 1.54) is 0 Å². The Morgan fingerprint density at radius 3 is 2.43 bits per heavy atom. The molecule has 0 aliphatic heterocycles. The van der Waals surface area contributed by atoms with Gasteiger partial charge in [0.15, 0.2) is 0 Å². The summed E-state index contributed by atoms with van der Waals surface area (Å²) in [5, 5.41) is 18.3. The first-order valence-electron chi connectivity index (χ1n) is 15.0. The van der Waals surface area contributed by atoms with E-state index < -0.39 is 36.0 Å².